The number of halogens is 1. The molecule has 0 fully saturated rings. The molecule has 2 rings (SSSR count). The molecular weight excluding hydrogens is 353 g/mol. The second-order valence-corrected chi connectivity index (χ2v) is 6.79. The number of sulfonamides is 1. The molecule has 9 nitrogen and oxygen atoms in total. The highest BCUT2D eigenvalue weighted by molar-refractivity contribution is 7.89. The zero-order valence-electron chi connectivity index (χ0n) is 14.1. The van der Waals surface area contributed by atoms with E-state index in [1.54, 1.807) is 19.0 Å². The Labute approximate surface area is 144 Å². The molecule has 1 heterocycles. The Morgan fingerprint density at radius 2 is 1.88 bits per heavy atom. The number of anilines is 1. The standard InChI is InChI=1S/C14H18FN5O4S/c1-20(2)13-17-12(18-14(19-13)24-4)8-16-25(21,22)11-7-9(15)5-6-10(11)23-3/h5-7,16H,8H2,1-4H3. The van der Waals surface area contributed by atoms with Gasteiger partial charge in [0.05, 0.1) is 20.8 Å². The van der Waals surface area contributed by atoms with Crippen LogP contribution in [-0.4, -0.2) is 51.7 Å². The zero-order chi connectivity index (χ0) is 18.6. The average molecular weight is 371 g/mol. The van der Waals surface area contributed by atoms with Gasteiger partial charge in [0, 0.05) is 14.1 Å². The summed E-state index contributed by atoms with van der Waals surface area (Å²) in [5.41, 5.74) is 0. The summed E-state index contributed by atoms with van der Waals surface area (Å²) >= 11 is 0. The molecule has 1 N–H and O–H groups in total. The lowest BCUT2D eigenvalue weighted by atomic mass is 10.3. The van der Waals surface area contributed by atoms with Gasteiger partial charge in [-0.15, -0.1) is 0 Å². The summed E-state index contributed by atoms with van der Waals surface area (Å²) < 4.78 is 50.6. The van der Waals surface area contributed by atoms with E-state index in [1.807, 2.05) is 0 Å². The third-order valence-corrected chi connectivity index (χ3v) is 4.49. The maximum absolute atomic E-state index is 13.4. The van der Waals surface area contributed by atoms with Crippen molar-refractivity contribution >= 4 is 16.0 Å². The first kappa shape index (κ1) is 18.8. The van der Waals surface area contributed by atoms with Crippen molar-refractivity contribution in [3.8, 4) is 11.8 Å². The highest BCUT2D eigenvalue weighted by Gasteiger charge is 2.21. The summed E-state index contributed by atoms with van der Waals surface area (Å²) in [6, 6.07) is 3.27. The van der Waals surface area contributed by atoms with Gasteiger partial charge in [-0.2, -0.15) is 15.0 Å². The number of nitrogens with one attached hydrogen (secondary N) is 1. The number of benzene rings is 1. The molecule has 0 saturated heterocycles. The first-order chi connectivity index (χ1) is 11.8. The summed E-state index contributed by atoms with van der Waals surface area (Å²) in [6.07, 6.45) is 0. The highest BCUT2D eigenvalue weighted by Crippen LogP contribution is 2.24. The molecule has 11 heteroatoms. The molecule has 1 aromatic heterocycles. The summed E-state index contributed by atoms with van der Waals surface area (Å²) in [7, 11) is 2.09. The minimum Gasteiger partial charge on any atom is -0.495 e. The van der Waals surface area contributed by atoms with Gasteiger partial charge in [-0.05, 0) is 18.2 Å². The Morgan fingerprint density at radius 3 is 2.48 bits per heavy atom. The molecule has 0 atom stereocenters. The third-order valence-electron chi connectivity index (χ3n) is 3.07. The van der Waals surface area contributed by atoms with Gasteiger partial charge in [0.25, 0.3) is 0 Å². The molecule has 0 unspecified atom stereocenters. The van der Waals surface area contributed by atoms with E-state index < -0.39 is 15.8 Å². The molecule has 0 amide bonds. The first-order valence-electron chi connectivity index (χ1n) is 7.06. The predicted octanol–water partition coefficient (Wildman–Crippen LogP) is 0.572. The van der Waals surface area contributed by atoms with Crippen molar-refractivity contribution in [2.24, 2.45) is 0 Å². The normalized spacial score (nSPS) is 11.2. The highest BCUT2D eigenvalue weighted by atomic mass is 32.2. The van der Waals surface area contributed by atoms with Crippen LogP contribution in [0, 0.1) is 5.82 Å². The largest absolute Gasteiger partial charge is 0.495 e. The Balaban J connectivity index is 2.29. The fourth-order valence-corrected chi connectivity index (χ4v) is 3.01. The van der Waals surface area contributed by atoms with Crippen LogP contribution in [0.15, 0.2) is 23.1 Å². The number of aromatic nitrogens is 3. The summed E-state index contributed by atoms with van der Waals surface area (Å²) in [4.78, 5) is 13.5. The van der Waals surface area contributed by atoms with Gasteiger partial charge < -0.3 is 14.4 Å². The molecule has 0 saturated carbocycles. The summed E-state index contributed by atoms with van der Waals surface area (Å²) in [5.74, 6) is -0.215. The lowest BCUT2D eigenvalue weighted by Crippen LogP contribution is -2.26. The van der Waals surface area contributed by atoms with Crippen LogP contribution in [0.3, 0.4) is 0 Å². The van der Waals surface area contributed by atoms with Gasteiger partial charge in [-0.3, -0.25) is 0 Å². The van der Waals surface area contributed by atoms with Crippen molar-refractivity contribution in [3.63, 3.8) is 0 Å². The Bertz CT molecular complexity index is 860. The lowest BCUT2D eigenvalue weighted by molar-refractivity contribution is 0.375. The third kappa shape index (κ3) is 4.51. The van der Waals surface area contributed by atoms with Crippen molar-refractivity contribution in [2.75, 3.05) is 33.2 Å². The molecule has 0 bridgehead atoms. The SMILES string of the molecule is COc1nc(CNS(=O)(=O)c2cc(F)ccc2OC)nc(N(C)C)n1. The number of hydrogen-bond acceptors (Lipinski definition) is 8. The molecule has 136 valence electrons. The van der Waals surface area contributed by atoms with Crippen molar-refractivity contribution in [3.05, 3.63) is 29.8 Å². The lowest BCUT2D eigenvalue weighted by Gasteiger charge is -2.13. The van der Waals surface area contributed by atoms with E-state index in [9.17, 15) is 12.8 Å². The molecule has 0 spiro atoms. The Morgan fingerprint density at radius 1 is 1.16 bits per heavy atom. The molecule has 0 aliphatic carbocycles. The molecular formula is C14H18FN5O4S. The van der Waals surface area contributed by atoms with Crippen LogP contribution in [0.25, 0.3) is 0 Å². The topological polar surface area (TPSA) is 107 Å². The second kappa shape index (κ2) is 7.57. The van der Waals surface area contributed by atoms with Crippen LogP contribution in [0.4, 0.5) is 10.3 Å². The quantitative estimate of drug-likeness (QED) is 0.753. The Kier molecular flexibility index (Phi) is 5.69. The smallest absolute Gasteiger partial charge is 0.321 e. The Hall–Kier alpha value is -2.53. The van der Waals surface area contributed by atoms with Gasteiger partial charge in [0.1, 0.15) is 16.5 Å². The van der Waals surface area contributed by atoms with Gasteiger partial charge in [0.2, 0.25) is 16.0 Å². The van der Waals surface area contributed by atoms with Crippen LogP contribution in [0.2, 0.25) is 0 Å². The minimum atomic E-state index is -4.05. The molecule has 0 radical (unpaired) electrons. The fraction of sp³-hybridized carbons (Fsp3) is 0.357. The average Bonchev–Trinajstić information content (AvgIpc) is 2.59. The van der Waals surface area contributed by atoms with Crippen molar-refractivity contribution < 1.29 is 22.3 Å². The van der Waals surface area contributed by atoms with Gasteiger partial charge in [0.15, 0.2) is 5.82 Å². The van der Waals surface area contributed by atoms with Crippen LogP contribution >= 0.6 is 0 Å². The maximum Gasteiger partial charge on any atom is 0.321 e. The van der Waals surface area contributed by atoms with Crippen LogP contribution in [-0.2, 0) is 16.6 Å². The van der Waals surface area contributed by atoms with Crippen LogP contribution in [0.5, 0.6) is 11.8 Å². The number of ether oxygens (including phenoxy) is 2. The van der Waals surface area contributed by atoms with Crippen LogP contribution < -0.4 is 19.1 Å². The maximum atomic E-state index is 13.4. The van der Waals surface area contributed by atoms with Gasteiger partial charge >= 0.3 is 6.01 Å². The van der Waals surface area contributed by atoms with Crippen LogP contribution in [0.1, 0.15) is 5.82 Å². The molecule has 0 aliphatic heterocycles. The number of nitrogens with zero attached hydrogens (tertiary/aromatic N) is 4. The van der Waals surface area contributed by atoms with Gasteiger partial charge in [-0.1, -0.05) is 0 Å². The van der Waals surface area contributed by atoms with E-state index in [0.717, 1.165) is 12.1 Å². The minimum absolute atomic E-state index is 0.0242. The second-order valence-electron chi connectivity index (χ2n) is 5.05. The van der Waals surface area contributed by atoms with E-state index in [2.05, 4.69) is 19.7 Å². The van der Waals surface area contributed by atoms with Gasteiger partial charge in [-0.25, -0.2) is 17.5 Å². The van der Waals surface area contributed by atoms with E-state index in [4.69, 9.17) is 9.47 Å². The van der Waals surface area contributed by atoms with Crippen molar-refractivity contribution in [2.45, 2.75) is 11.4 Å². The van der Waals surface area contributed by atoms with Crippen molar-refractivity contribution in [1.29, 1.82) is 0 Å². The fourth-order valence-electron chi connectivity index (χ4n) is 1.85. The molecule has 1 aromatic carbocycles. The molecule has 0 aliphatic rings. The van der Waals surface area contributed by atoms with E-state index in [-0.39, 0.29) is 29.0 Å². The monoisotopic (exact) mass is 371 g/mol. The number of hydrogen-bond donors (Lipinski definition) is 1. The van der Waals surface area contributed by atoms with E-state index >= 15 is 0 Å². The summed E-state index contributed by atoms with van der Waals surface area (Å²) in [5, 5.41) is 0. The number of methoxy groups -OCH3 is 2. The zero-order valence-corrected chi connectivity index (χ0v) is 15.0. The first-order valence-corrected chi connectivity index (χ1v) is 8.54. The molecule has 2 aromatic rings. The van der Waals surface area contributed by atoms with E-state index in [1.165, 1.54) is 20.3 Å². The molecule has 25 heavy (non-hydrogen) atoms. The van der Waals surface area contributed by atoms with Crippen molar-refractivity contribution in [1.82, 2.24) is 19.7 Å². The summed E-state index contributed by atoms with van der Waals surface area (Å²) in [6.45, 7) is -0.234. The van der Waals surface area contributed by atoms with E-state index in [0.29, 0.717) is 5.95 Å². The number of rotatable bonds is 7. The predicted molar refractivity (Wildman–Crippen MR) is 87.7 cm³/mol.